The number of aryl methyl sites for hydroxylation is 1. The molecule has 0 amide bonds. The van der Waals surface area contributed by atoms with E-state index in [1.165, 1.54) is 0 Å². The van der Waals surface area contributed by atoms with Gasteiger partial charge in [0.15, 0.2) is 0 Å². The second kappa shape index (κ2) is 5.11. The van der Waals surface area contributed by atoms with Crippen LogP contribution in [-0.2, 0) is 16.0 Å². The lowest BCUT2D eigenvalue weighted by Crippen LogP contribution is -2.50. The Bertz CT molecular complexity index is 430. The summed E-state index contributed by atoms with van der Waals surface area (Å²) in [6.45, 7) is 9.25. The van der Waals surface area contributed by atoms with E-state index >= 15 is 0 Å². The molecular weight excluding hydrogens is 226 g/mol. The average molecular weight is 249 g/mol. The molecular formula is C15H23NO2. The van der Waals surface area contributed by atoms with E-state index in [2.05, 4.69) is 0 Å². The van der Waals surface area contributed by atoms with Gasteiger partial charge in [0, 0.05) is 6.42 Å². The van der Waals surface area contributed by atoms with Crippen molar-refractivity contribution in [2.45, 2.75) is 52.2 Å². The van der Waals surface area contributed by atoms with E-state index in [9.17, 15) is 4.79 Å². The molecule has 3 heteroatoms. The van der Waals surface area contributed by atoms with Crippen molar-refractivity contribution in [3.63, 3.8) is 0 Å². The van der Waals surface area contributed by atoms with Crippen molar-refractivity contribution in [1.29, 1.82) is 0 Å². The summed E-state index contributed by atoms with van der Waals surface area (Å²) in [6.07, 6.45) is 0.476. The van der Waals surface area contributed by atoms with E-state index in [0.29, 0.717) is 6.42 Å². The summed E-state index contributed by atoms with van der Waals surface area (Å²) >= 11 is 0. The van der Waals surface area contributed by atoms with Gasteiger partial charge in [-0.2, -0.15) is 0 Å². The van der Waals surface area contributed by atoms with Crippen molar-refractivity contribution in [2.75, 3.05) is 0 Å². The molecule has 0 saturated heterocycles. The smallest absolute Gasteiger partial charge is 0.326 e. The van der Waals surface area contributed by atoms with Crippen LogP contribution in [0.5, 0.6) is 0 Å². The van der Waals surface area contributed by atoms with Gasteiger partial charge in [-0.15, -0.1) is 0 Å². The highest BCUT2D eigenvalue weighted by molar-refractivity contribution is 5.80. The summed E-state index contributed by atoms with van der Waals surface area (Å²) in [4.78, 5) is 12.0. The minimum Gasteiger partial charge on any atom is -0.459 e. The van der Waals surface area contributed by atoms with Gasteiger partial charge in [0.05, 0.1) is 0 Å². The first-order valence-corrected chi connectivity index (χ1v) is 6.18. The average Bonchev–Trinajstić information content (AvgIpc) is 2.13. The van der Waals surface area contributed by atoms with Gasteiger partial charge in [0.1, 0.15) is 11.1 Å². The summed E-state index contributed by atoms with van der Waals surface area (Å²) < 4.78 is 5.34. The Hall–Kier alpha value is -1.35. The molecule has 1 aromatic carbocycles. The van der Waals surface area contributed by atoms with E-state index < -0.39 is 11.1 Å². The molecule has 18 heavy (non-hydrogen) atoms. The molecule has 1 rings (SSSR count). The fourth-order valence-electron chi connectivity index (χ4n) is 1.71. The van der Waals surface area contributed by atoms with Gasteiger partial charge in [-0.1, -0.05) is 29.8 Å². The number of esters is 1. The van der Waals surface area contributed by atoms with Crippen molar-refractivity contribution >= 4 is 5.97 Å². The highest BCUT2D eigenvalue weighted by Crippen LogP contribution is 2.17. The van der Waals surface area contributed by atoms with Crippen LogP contribution in [-0.4, -0.2) is 17.1 Å². The van der Waals surface area contributed by atoms with Crippen LogP contribution in [0.15, 0.2) is 24.3 Å². The molecule has 0 aliphatic heterocycles. The third-order valence-corrected chi connectivity index (χ3v) is 2.52. The molecule has 3 nitrogen and oxygen atoms in total. The molecule has 0 aliphatic carbocycles. The molecule has 0 spiro atoms. The number of hydrogen-bond acceptors (Lipinski definition) is 3. The number of carbonyl (C=O) groups excluding carboxylic acids is 1. The van der Waals surface area contributed by atoms with Crippen LogP contribution in [0.4, 0.5) is 0 Å². The zero-order valence-electron chi connectivity index (χ0n) is 11.9. The third-order valence-electron chi connectivity index (χ3n) is 2.52. The molecule has 0 aromatic heterocycles. The number of benzene rings is 1. The normalized spacial score (nSPS) is 15.0. The Balaban J connectivity index is 2.78. The van der Waals surface area contributed by atoms with E-state index in [-0.39, 0.29) is 5.97 Å². The molecule has 0 radical (unpaired) electrons. The lowest BCUT2D eigenvalue weighted by molar-refractivity contribution is -0.160. The first-order chi connectivity index (χ1) is 8.10. The van der Waals surface area contributed by atoms with Crippen molar-refractivity contribution < 1.29 is 9.53 Å². The van der Waals surface area contributed by atoms with Crippen molar-refractivity contribution in [3.05, 3.63) is 35.4 Å². The van der Waals surface area contributed by atoms with Crippen LogP contribution in [0.25, 0.3) is 0 Å². The van der Waals surface area contributed by atoms with Crippen molar-refractivity contribution in [2.24, 2.45) is 5.73 Å². The van der Waals surface area contributed by atoms with E-state index in [1.54, 1.807) is 6.92 Å². The third kappa shape index (κ3) is 4.49. The molecule has 2 N–H and O–H groups in total. The number of hydrogen-bond donors (Lipinski definition) is 1. The predicted molar refractivity (Wildman–Crippen MR) is 73.3 cm³/mol. The zero-order valence-corrected chi connectivity index (χ0v) is 11.9. The summed E-state index contributed by atoms with van der Waals surface area (Å²) in [5, 5.41) is 0. The highest BCUT2D eigenvalue weighted by Gasteiger charge is 2.33. The van der Waals surface area contributed by atoms with Gasteiger partial charge < -0.3 is 10.5 Å². The molecule has 0 bridgehead atoms. The number of rotatable bonds is 3. The van der Waals surface area contributed by atoms with E-state index in [1.807, 2.05) is 52.0 Å². The van der Waals surface area contributed by atoms with Crippen LogP contribution in [0.1, 0.15) is 38.8 Å². The Morgan fingerprint density at radius 1 is 1.28 bits per heavy atom. The summed E-state index contributed by atoms with van der Waals surface area (Å²) in [5.74, 6) is -0.364. The SMILES string of the molecule is Cc1cccc(C[C@](C)(N)C(=O)OC(C)(C)C)c1. The lowest BCUT2D eigenvalue weighted by atomic mass is 9.93. The fraction of sp³-hybridized carbons (Fsp3) is 0.533. The van der Waals surface area contributed by atoms with Gasteiger partial charge in [0.2, 0.25) is 0 Å². The van der Waals surface area contributed by atoms with Crippen LogP contribution in [0.2, 0.25) is 0 Å². The summed E-state index contributed by atoms with van der Waals surface area (Å²) in [6, 6.07) is 8.00. The first-order valence-electron chi connectivity index (χ1n) is 6.18. The minimum absolute atomic E-state index is 0.364. The second-order valence-corrected chi connectivity index (χ2v) is 6.09. The summed E-state index contributed by atoms with van der Waals surface area (Å²) in [5.41, 5.74) is 6.77. The van der Waals surface area contributed by atoms with Crippen LogP contribution >= 0.6 is 0 Å². The van der Waals surface area contributed by atoms with Gasteiger partial charge in [-0.3, -0.25) is 4.79 Å². The van der Waals surface area contributed by atoms with Gasteiger partial charge >= 0.3 is 5.97 Å². The van der Waals surface area contributed by atoms with Crippen molar-refractivity contribution in [1.82, 2.24) is 0 Å². The van der Waals surface area contributed by atoms with E-state index in [4.69, 9.17) is 10.5 Å². The van der Waals surface area contributed by atoms with Crippen molar-refractivity contribution in [3.8, 4) is 0 Å². The number of carbonyl (C=O) groups is 1. The largest absolute Gasteiger partial charge is 0.459 e. The quantitative estimate of drug-likeness (QED) is 0.838. The van der Waals surface area contributed by atoms with Gasteiger partial charge in [-0.25, -0.2) is 0 Å². The monoisotopic (exact) mass is 249 g/mol. The molecule has 0 aliphatic rings. The molecule has 0 unspecified atom stereocenters. The topological polar surface area (TPSA) is 52.3 Å². The Morgan fingerprint density at radius 3 is 2.39 bits per heavy atom. The predicted octanol–water partition coefficient (Wildman–Crippen LogP) is 2.60. The van der Waals surface area contributed by atoms with Crippen LogP contribution in [0, 0.1) is 6.92 Å². The Morgan fingerprint density at radius 2 is 1.89 bits per heavy atom. The van der Waals surface area contributed by atoms with Gasteiger partial charge in [-0.05, 0) is 40.2 Å². The van der Waals surface area contributed by atoms with Crippen LogP contribution in [0.3, 0.4) is 0 Å². The maximum Gasteiger partial charge on any atom is 0.326 e. The maximum absolute atomic E-state index is 12.0. The maximum atomic E-state index is 12.0. The molecule has 0 saturated carbocycles. The molecule has 0 fully saturated rings. The molecule has 100 valence electrons. The molecule has 0 heterocycles. The number of ether oxygens (including phenoxy) is 1. The van der Waals surface area contributed by atoms with E-state index in [0.717, 1.165) is 11.1 Å². The second-order valence-electron chi connectivity index (χ2n) is 6.09. The Labute approximate surface area is 109 Å². The zero-order chi connectivity index (χ0) is 14.0. The molecule has 1 aromatic rings. The Kier molecular flexibility index (Phi) is 4.17. The minimum atomic E-state index is -0.999. The highest BCUT2D eigenvalue weighted by atomic mass is 16.6. The summed E-state index contributed by atoms with van der Waals surface area (Å²) in [7, 11) is 0. The van der Waals surface area contributed by atoms with Gasteiger partial charge in [0.25, 0.3) is 0 Å². The first kappa shape index (κ1) is 14.7. The van der Waals surface area contributed by atoms with Crippen LogP contribution < -0.4 is 5.73 Å². The molecule has 1 atom stereocenters. The number of nitrogens with two attached hydrogens (primary N) is 1. The lowest BCUT2D eigenvalue weighted by Gasteiger charge is -2.28. The fourth-order valence-corrected chi connectivity index (χ4v) is 1.71. The standard InChI is InChI=1S/C15H23NO2/c1-11-7-6-8-12(9-11)10-15(5,16)13(17)18-14(2,3)4/h6-9H,10,16H2,1-5H3/t15-/m0/s1.